The summed E-state index contributed by atoms with van der Waals surface area (Å²) < 4.78 is 0. The third kappa shape index (κ3) is 5.89. The maximum atomic E-state index is 2.30. The molecule has 0 atom stereocenters. The van der Waals surface area contributed by atoms with Gasteiger partial charge in [-0.15, -0.1) is 0 Å². The highest BCUT2D eigenvalue weighted by Gasteiger charge is 2.12. The fourth-order valence-corrected chi connectivity index (χ4v) is 4.12. The van der Waals surface area contributed by atoms with Crippen LogP contribution in [0.1, 0.15) is 27.8 Å². The Labute approximate surface area is 214 Å². The van der Waals surface area contributed by atoms with E-state index >= 15 is 0 Å². The Balaban J connectivity index is 1.42. The molecule has 0 amide bonds. The van der Waals surface area contributed by atoms with E-state index in [-0.39, 0.29) is 0 Å². The van der Waals surface area contributed by atoms with E-state index in [9.17, 15) is 0 Å². The Morgan fingerprint density at radius 3 is 1.03 bits per heavy atom. The molecule has 0 fully saturated rings. The molecule has 0 aliphatic carbocycles. The lowest BCUT2D eigenvalue weighted by Crippen LogP contribution is -2.09. The van der Waals surface area contributed by atoms with Gasteiger partial charge in [0.05, 0.1) is 0 Å². The molecule has 1 nitrogen and oxygen atoms in total. The summed E-state index contributed by atoms with van der Waals surface area (Å²) in [5.74, 6) is 0. The van der Waals surface area contributed by atoms with E-state index in [4.69, 9.17) is 0 Å². The third-order valence-electron chi connectivity index (χ3n) is 6.13. The van der Waals surface area contributed by atoms with Crippen molar-refractivity contribution in [3.05, 3.63) is 161 Å². The molecule has 0 saturated heterocycles. The first kappa shape index (κ1) is 23.1. The van der Waals surface area contributed by atoms with Gasteiger partial charge in [0.1, 0.15) is 0 Å². The van der Waals surface area contributed by atoms with Crippen LogP contribution in [0.4, 0.5) is 17.1 Å². The second-order valence-corrected chi connectivity index (χ2v) is 8.84. The molecule has 0 bridgehead atoms. The van der Waals surface area contributed by atoms with Gasteiger partial charge in [-0.05, 0) is 65.6 Å². The molecule has 1 heteroatoms. The molecule has 5 aromatic carbocycles. The lowest BCUT2D eigenvalue weighted by atomic mass is 10.1. The predicted molar refractivity (Wildman–Crippen MR) is 157 cm³/mol. The second-order valence-electron chi connectivity index (χ2n) is 8.84. The van der Waals surface area contributed by atoms with Gasteiger partial charge >= 0.3 is 0 Å². The van der Waals surface area contributed by atoms with Crippen molar-refractivity contribution >= 4 is 41.4 Å². The van der Waals surface area contributed by atoms with Gasteiger partial charge in [0.2, 0.25) is 0 Å². The fraction of sp³-hybridized carbons (Fsp3) is 0.0286. The summed E-state index contributed by atoms with van der Waals surface area (Å²) in [6.45, 7) is 2.12. The molecule has 0 saturated carbocycles. The zero-order valence-electron chi connectivity index (χ0n) is 20.5. The molecule has 0 N–H and O–H groups in total. The van der Waals surface area contributed by atoms with Gasteiger partial charge in [0, 0.05) is 17.1 Å². The summed E-state index contributed by atoms with van der Waals surface area (Å²) >= 11 is 0. The van der Waals surface area contributed by atoms with Gasteiger partial charge in [-0.25, -0.2) is 0 Å². The third-order valence-corrected chi connectivity index (χ3v) is 6.13. The highest BCUT2D eigenvalue weighted by Crippen LogP contribution is 2.35. The van der Waals surface area contributed by atoms with E-state index in [2.05, 4.69) is 157 Å². The minimum atomic E-state index is 1.13. The predicted octanol–water partition coefficient (Wildman–Crippen LogP) is 9.81. The Morgan fingerprint density at radius 1 is 0.361 bits per heavy atom. The summed E-state index contributed by atoms with van der Waals surface area (Å²) in [6.07, 6.45) is 8.61. The van der Waals surface area contributed by atoms with Gasteiger partial charge in [0.15, 0.2) is 0 Å². The number of hydrogen-bond donors (Lipinski definition) is 0. The van der Waals surface area contributed by atoms with Crippen LogP contribution in [0.2, 0.25) is 0 Å². The molecule has 0 radical (unpaired) electrons. The van der Waals surface area contributed by atoms with E-state index in [1.165, 1.54) is 27.8 Å². The molecule has 0 heterocycles. The van der Waals surface area contributed by atoms with Crippen molar-refractivity contribution in [1.82, 2.24) is 0 Å². The normalized spacial score (nSPS) is 11.2. The molecule has 0 aromatic heterocycles. The number of rotatable bonds is 7. The average Bonchev–Trinajstić information content (AvgIpc) is 2.94. The number of benzene rings is 5. The zero-order chi connectivity index (χ0) is 24.6. The van der Waals surface area contributed by atoms with E-state index < -0.39 is 0 Å². The van der Waals surface area contributed by atoms with Crippen molar-refractivity contribution in [3.8, 4) is 0 Å². The molecule has 36 heavy (non-hydrogen) atoms. The maximum absolute atomic E-state index is 2.30. The van der Waals surface area contributed by atoms with Crippen LogP contribution in [0.15, 0.2) is 133 Å². The number of nitrogens with zero attached hydrogens (tertiary/aromatic N) is 1. The standard InChI is InChI=1S/C35H29N/c1-28-12-22-33(23-13-28)36(34-24-18-31(19-25-34)16-14-29-8-4-2-5-9-29)35-26-20-32(21-27-35)17-15-30-10-6-3-7-11-30/h2-27H,1H3/b16-14+,17-15+. The Hall–Kier alpha value is -4.62. The quantitative estimate of drug-likeness (QED) is 0.217. The van der Waals surface area contributed by atoms with Crippen LogP contribution < -0.4 is 4.90 Å². The van der Waals surface area contributed by atoms with E-state index in [0.717, 1.165) is 17.1 Å². The topological polar surface area (TPSA) is 3.24 Å². The highest BCUT2D eigenvalue weighted by molar-refractivity contribution is 5.79. The van der Waals surface area contributed by atoms with Crippen LogP contribution in [0.3, 0.4) is 0 Å². The Kier molecular flexibility index (Phi) is 7.20. The summed E-state index contributed by atoms with van der Waals surface area (Å²) in [7, 11) is 0. The van der Waals surface area contributed by atoms with Gasteiger partial charge in [-0.1, -0.05) is 127 Å². The van der Waals surface area contributed by atoms with Crippen molar-refractivity contribution in [1.29, 1.82) is 0 Å². The molecule has 0 spiro atoms. The average molecular weight is 464 g/mol. The van der Waals surface area contributed by atoms with Crippen molar-refractivity contribution in [2.24, 2.45) is 0 Å². The van der Waals surface area contributed by atoms with Gasteiger partial charge < -0.3 is 4.90 Å². The largest absolute Gasteiger partial charge is 0.311 e. The van der Waals surface area contributed by atoms with Crippen molar-refractivity contribution in [2.75, 3.05) is 4.90 Å². The minimum absolute atomic E-state index is 1.13. The van der Waals surface area contributed by atoms with Gasteiger partial charge in [0.25, 0.3) is 0 Å². The van der Waals surface area contributed by atoms with Crippen LogP contribution in [0, 0.1) is 6.92 Å². The van der Waals surface area contributed by atoms with E-state index in [0.29, 0.717) is 0 Å². The molecule has 0 unspecified atom stereocenters. The fourth-order valence-electron chi connectivity index (χ4n) is 4.12. The summed E-state index contributed by atoms with van der Waals surface area (Å²) in [4.78, 5) is 2.30. The van der Waals surface area contributed by atoms with E-state index in [1.54, 1.807) is 0 Å². The number of anilines is 3. The molecule has 5 aromatic rings. The number of aryl methyl sites for hydroxylation is 1. The molecular weight excluding hydrogens is 434 g/mol. The molecule has 0 aliphatic heterocycles. The lowest BCUT2D eigenvalue weighted by molar-refractivity contribution is 1.27. The molecule has 174 valence electrons. The highest BCUT2D eigenvalue weighted by atomic mass is 15.1. The van der Waals surface area contributed by atoms with Gasteiger partial charge in [-0.2, -0.15) is 0 Å². The molecular formula is C35H29N. The maximum Gasteiger partial charge on any atom is 0.0462 e. The zero-order valence-corrected chi connectivity index (χ0v) is 20.5. The summed E-state index contributed by atoms with van der Waals surface area (Å²) in [5.41, 5.74) is 9.39. The van der Waals surface area contributed by atoms with Crippen molar-refractivity contribution in [2.45, 2.75) is 6.92 Å². The van der Waals surface area contributed by atoms with Crippen molar-refractivity contribution < 1.29 is 0 Å². The van der Waals surface area contributed by atoms with E-state index in [1.807, 2.05) is 12.1 Å². The monoisotopic (exact) mass is 463 g/mol. The summed E-state index contributed by atoms with van der Waals surface area (Å²) in [5, 5.41) is 0. The van der Waals surface area contributed by atoms with Crippen LogP contribution in [-0.2, 0) is 0 Å². The first-order chi connectivity index (χ1) is 17.7. The first-order valence-corrected chi connectivity index (χ1v) is 12.3. The van der Waals surface area contributed by atoms with Gasteiger partial charge in [-0.3, -0.25) is 0 Å². The lowest BCUT2D eigenvalue weighted by Gasteiger charge is -2.26. The number of hydrogen-bond acceptors (Lipinski definition) is 1. The van der Waals surface area contributed by atoms with Crippen LogP contribution >= 0.6 is 0 Å². The Morgan fingerprint density at radius 2 is 0.667 bits per heavy atom. The minimum Gasteiger partial charge on any atom is -0.311 e. The molecule has 0 aliphatic rings. The second kappa shape index (κ2) is 11.2. The molecule has 5 rings (SSSR count). The smallest absolute Gasteiger partial charge is 0.0462 e. The first-order valence-electron chi connectivity index (χ1n) is 12.3. The van der Waals surface area contributed by atoms with Crippen LogP contribution in [0.5, 0.6) is 0 Å². The van der Waals surface area contributed by atoms with Crippen LogP contribution in [-0.4, -0.2) is 0 Å². The van der Waals surface area contributed by atoms with Crippen LogP contribution in [0.25, 0.3) is 24.3 Å². The summed E-state index contributed by atoms with van der Waals surface area (Å²) in [6, 6.07) is 46.9. The van der Waals surface area contributed by atoms with Crippen molar-refractivity contribution in [3.63, 3.8) is 0 Å². The SMILES string of the molecule is Cc1ccc(N(c2ccc(/C=C/c3ccccc3)cc2)c2ccc(/C=C/c3ccccc3)cc2)cc1. The Bertz CT molecular complexity index is 1340.